The fourth-order valence-corrected chi connectivity index (χ4v) is 2.48. The molecule has 0 aliphatic rings. The smallest absolute Gasteiger partial charge is 0.269 e. The molecule has 1 N–H and O–H groups in total. The third-order valence-electron chi connectivity index (χ3n) is 2.88. The van der Waals surface area contributed by atoms with Crippen molar-refractivity contribution >= 4 is 38.9 Å². The second-order valence-corrected chi connectivity index (χ2v) is 5.62. The molecule has 0 spiro atoms. The van der Waals surface area contributed by atoms with E-state index in [1.54, 1.807) is 12.1 Å². The van der Waals surface area contributed by atoms with Gasteiger partial charge in [-0.25, -0.2) is 0 Å². The number of anilines is 1. The first-order valence-electron chi connectivity index (χ1n) is 5.90. The minimum Gasteiger partial charge on any atom is -0.380 e. The van der Waals surface area contributed by atoms with Crippen LogP contribution in [0.2, 0.25) is 5.02 Å². The van der Waals surface area contributed by atoms with Crippen LogP contribution in [-0.2, 0) is 6.54 Å². The molecule has 0 aromatic heterocycles. The summed E-state index contributed by atoms with van der Waals surface area (Å²) in [5, 5.41) is 14.5. The maximum absolute atomic E-state index is 10.6. The monoisotopic (exact) mass is 354 g/mol. The van der Waals surface area contributed by atoms with E-state index in [0.717, 1.165) is 21.3 Å². The number of hydrogen-bond donors (Lipinski definition) is 1. The third kappa shape index (κ3) is 3.49. The summed E-state index contributed by atoms with van der Waals surface area (Å²) in [6, 6.07) is 10.2. The van der Waals surface area contributed by atoms with Crippen LogP contribution in [-0.4, -0.2) is 4.92 Å². The standard InChI is InChI=1S/C14H12BrClN2O2/c1-9-6-12(15)14(7-13(9)16)17-8-10-2-4-11(5-3-10)18(19)20/h2-7,17H,8H2,1H3. The maximum atomic E-state index is 10.6. The van der Waals surface area contributed by atoms with Gasteiger partial charge in [0.15, 0.2) is 0 Å². The molecule has 0 saturated carbocycles. The number of non-ortho nitro benzene ring substituents is 1. The number of nitro benzene ring substituents is 1. The van der Waals surface area contributed by atoms with Crippen molar-refractivity contribution in [2.45, 2.75) is 13.5 Å². The van der Waals surface area contributed by atoms with Crippen molar-refractivity contribution in [3.05, 3.63) is 67.1 Å². The number of benzene rings is 2. The lowest BCUT2D eigenvalue weighted by molar-refractivity contribution is -0.384. The van der Waals surface area contributed by atoms with Crippen LogP contribution < -0.4 is 5.32 Å². The molecule has 2 rings (SSSR count). The van der Waals surface area contributed by atoms with Gasteiger partial charge in [0.05, 0.1) is 10.6 Å². The maximum Gasteiger partial charge on any atom is 0.269 e. The van der Waals surface area contributed by atoms with Gasteiger partial charge in [0.2, 0.25) is 0 Å². The van der Waals surface area contributed by atoms with E-state index in [9.17, 15) is 10.1 Å². The fourth-order valence-electron chi connectivity index (χ4n) is 1.71. The van der Waals surface area contributed by atoms with Gasteiger partial charge >= 0.3 is 0 Å². The average Bonchev–Trinajstić information content (AvgIpc) is 2.42. The molecular weight excluding hydrogens is 344 g/mol. The molecular formula is C14H12BrClN2O2. The van der Waals surface area contributed by atoms with E-state index < -0.39 is 4.92 Å². The first-order valence-corrected chi connectivity index (χ1v) is 7.07. The van der Waals surface area contributed by atoms with E-state index in [1.807, 2.05) is 19.1 Å². The van der Waals surface area contributed by atoms with Gasteiger partial charge in [-0.05, 0) is 46.1 Å². The first kappa shape index (κ1) is 14.8. The van der Waals surface area contributed by atoms with Crippen LogP contribution in [0.1, 0.15) is 11.1 Å². The zero-order valence-corrected chi connectivity index (χ0v) is 13.0. The zero-order valence-electron chi connectivity index (χ0n) is 10.7. The third-order valence-corrected chi connectivity index (χ3v) is 3.94. The minimum atomic E-state index is -0.409. The number of hydrogen-bond acceptors (Lipinski definition) is 3. The number of nitrogens with one attached hydrogen (secondary N) is 1. The van der Waals surface area contributed by atoms with Gasteiger partial charge in [0, 0.05) is 28.2 Å². The molecule has 0 heterocycles. The molecule has 0 atom stereocenters. The molecule has 104 valence electrons. The summed E-state index contributed by atoms with van der Waals surface area (Å²) < 4.78 is 0.932. The van der Waals surface area contributed by atoms with Crippen molar-refractivity contribution in [3.8, 4) is 0 Å². The molecule has 0 radical (unpaired) electrons. The predicted octanol–water partition coefficient (Wildman–Crippen LogP) is 4.93. The van der Waals surface area contributed by atoms with Gasteiger partial charge in [0.25, 0.3) is 5.69 Å². The summed E-state index contributed by atoms with van der Waals surface area (Å²) in [4.78, 5) is 10.2. The normalized spacial score (nSPS) is 10.3. The highest BCUT2D eigenvalue weighted by atomic mass is 79.9. The fraction of sp³-hybridized carbons (Fsp3) is 0.143. The van der Waals surface area contributed by atoms with Gasteiger partial charge in [-0.1, -0.05) is 23.7 Å². The molecule has 2 aromatic carbocycles. The van der Waals surface area contributed by atoms with Gasteiger partial charge in [-0.3, -0.25) is 10.1 Å². The van der Waals surface area contributed by atoms with Crippen LogP contribution in [0.25, 0.3) is 0 Å². The van der Waals surface area contributed by atoms with Crippen molar-refractivity contribution in [3.63, 3.8) is 0 Å². The number of nitro groups is 1. The molecule has 0 unspecified atom stereocenters. The molecule has 6 heteroatoms. The second kappa shape index (κ2) is 6.24. The van der Waals surface area contributed by atoms with E-state index >= 15 is 0 Å². The Balaban J connectivity index is 2.09. The summed E-state index contributed by atoms with van der Waals surface area (Å²) in [6.45, 7) is 2.50. The van der Waals surface area contributed by atoms with E-state index in [2.05, 4.69) is 21.2 Å². The Hall–Kier alpha value is -1.59. The van der Waals surface area contributed by atoms with E-state index in [0.29, 0.717) is 11.6 Å². The summed E-state index contributed by atoms with van der Waals surface area (Å²) in [5.41, 5.74) is 2.94. The van der Waals surface area contributed by atoms with Gasteiger partial charge in [-0.2, -0.15) is 0 Å². The van der Waals surface area contributed by atoms with E-state index in [-0.39, 0.29) is 5.69 Å². The SMILES string of the molecule is Cc1cc(Br)c(NCc2ccc([N+](=O)[O-])cc2)cc1Cl. The Morgan fingerprint density at radius 1 is 1.30 bits per heavy atom. The Morgan fingerprint density at radius 3 is 2.55 bits per heavy atom. The van der Waals surface area contributed by atoms with Gasteiger partial charge in [-0.15, -0.1) is 0 Å². The molecule has 0 aliphatic carbocycles. The molecule has 0 fully saturated rings. The van der Waals surface area contributed by atoms with Crippen LogP contribution in [0.5, 0.6) is 0 Å². The van der Waals surface area contributed by atoms with Crippen molar-refractivity contribution in [1.82, 2.24) is 0 Å². The Bertz CT molecular complexity index is 644. The zero-order chi connectivity index (χ0) is 14.7. The Labute approximate surface area is 130 Å². The van der Waals surface area contributed by atoms with Crippen molar-refractivity contribution in [1.29, 1.82) is 0 Å². The first-order chi connectivity index (χ1) is 9.47. The second-order valence-electron chi connectivity index (χ2n) is 4.36. The number of halogens is 2. The lowest BCUT2D eigenvalue weighted by atomic mass is 10.2. The van der Waals surface area contributed by atoms with E-state index in [1.165, 1.54) is 12.1 Å². The van der Waals surface area contributed by atoms with Crippen molar-refractivity contribution in [2.24, 2.45) is 0 Å². The topological polar surface area (TPSA) is 55.2 Å². The number of aryl methyl sites for hydroxylation is 1. The molecule has 20 heavy (non-hydrogen) atoms. The molecule has 0 amide bonds. The molecule has 4 nitrogen and oxygen atoms in total. The highest BCUT2D eigenvalue weighted by Gasteiger charge is 2.06. The lowest BCUT2D eigenvalue weighted by Gasteiger charge is -2.10. The highest BCUT2D eigenvalue weighted by molar-refractivity contribution is 9.10. The van der Waals surface area contributed by atoms with Crippen LogP contribution in [0.3, 0.4) is 0 Å². The van der Waals surface area contributed by atoms with Crippen LogP contribution in [0.4, 0.5) is 11.4 Å². The Morgan fingerprint density at radius 2 is 1.95 bits per heavy atom. The number of nitrogens with zero attached hydrogens (tertiary/aromatic N) is 1. The molecule has 0 aliphatic heterocycles. The quantitative estimate of drug-likeness (QED) is 0.625. The van der Waals surface area contributed by atoms with Crippen LogP contribution in [0.15, 0.2) is 40.9 Å². The predicted molar refractivity (Wildman–Crippen MR) is 84.3 cm³/mol. The largest absolute Gasteiger partial charge is 0.380 e. The summed E-state index contributed by atoms with van der Waals surface area (Å²) in [7, 11) is 0. The Kier molecular flexibility index (Phi) is 4.62. The average molecular weight is 356 g/mol. The van der Waals surface area contributed by atoms with Crippen molar-refractivity contribution < 1.29 is 4.92 Å². The van der Waals surface area contributed by atoms with E-state index in [4.69, 9.17) is 11.6 Å². The van der Waals surface area contributed by atoms with Crippen LogP contribution >= 0.6 is 27.5 Å². The minimum absolute atomic E-state index is 0.0910. The summed E-state index contributed by atoms with van der Waals surface area (Å²) in [5.74, 6) is 0. The molecule has 0 bridgehead atoms. The lowest BCUT2D eigenvalue weighted by Crippen LogP contribution is -2.00. The van der Waals surface area contributed by atoms with Gasteiger partial charge in [0.1, 0.15) is 0 Å². The van der Waals surface area contributed by atoms with Crippen LogP contribution in [0, 0.1) is 17.0 Å². The number of rotatable bonds is 4. The summed E-state index contributed by atoms with van der Waals surface area (Å²) in [6.07, 6.45) is 0. The summed E-state index contributed by atoms with van der Waals surface area (Å²) >= 11 is 9.56. The molecule has 2 aromatic rings. The highest BCUT2D eigenvalue weighted by Crippen LogP contribution is 2.29. The molecule has 0 saturated heterocycles. The van der Waals surface area contributed by atoms with Crippen molar-refractivity contribution in [2.75, 3.05) is 5.32 Å². The van der Waals surface area contributed by atoms with Gasteiger partial charge < -0.3 is 5.32 Å².